The Bertz CT molecular complexity index is 1950. The standard InChI is InChI=1S/C34H31N2/c1-21-19-23(20-34(2,3)4)24-13-10-16-28-30(24)29(21)33-32-27(17-18-35(33)5)26-15-9-14-25(31(26)36(28)32)22-11-7-6-8-12-22/h6-19H,20H2,1-5H3/q+1. The van der Waals surface area contributed by atoms with Crippen LogP contribution in [0.5, 0.6) is 0 Å². The lowest BCUT2D eigenvalue weighted by Gasteiger charge is -2.22. The van der Waals surface area contributed by atoms with Crippen LogP contribution in [0, 0.1) is 12.3 Å². The van der Waals surface area contributed by atoms with Crippen molar-refractivity contribution in [2.45, 2.75) is 34.1 Å². The Kier molecular flexibility index (Phi) is 4.34. The quantitative estimate of drug-likeness (QED) is 0.137. The second-order valence-corrected chi connectivity index (χ2v) is 11.6. The summed E-state index contributed by atoms with van der Waals surface area (Å²) in [6, 6.07) is 29.2. The Morgan fingerprint density at radius 2 is 1.47 bits per heavy atom. The number of aryl methyl sites for hydroxylation is 2. The van der Waals surface area contributed by atoms with Gasteiger partial charge in [0.15, 0.2) is 6.20 Å². The predicted molar refractivity (Wildman–Crippen MR) is 153 cm³/mol. The molecule has 2 nitrogen and oxygen atoms in total. The SMILES string of the molecule is Cc1cc(CC(C)(C)C)c2cccc3c2c1c1c2c(cc[n+]1C)c1cccc(-c4ccccc4)c1n32. The smallest absolute Gasteiger partial charge is 0.238 e. The number of para-hydroxylation sites is 1. The first-order chi connectivity index (χ1) is 17.3. The third-order valence-electron chi connectivity index (χ3n) is 7.78. The van der Waals surface area contributed by atoms with Crippen LogP contribution >= 0.6 is 0 Å². The number of hydrogen-bond acceptors (Lipinski definition) is 0. The monoisotopic (exact) mass is 467 g/mol. The fourth-order valence-electron chi connectivity index (χ4n) is 6.47. The number of nitrogens with zero attached hydrogens (tertiary/aromatic N) is 2. The normalized spacial score (nSPS) is 12.7. The molecule has 0 aliphatic rings. The van der Waals surface area contributed by atoms with E-state index in [2.05, 4.69) is 129 Å². The molecule has 0 amide bonds. The highest BCUT2D eigenvalue weighted by Gasteiger charge is 2.26. The van der Waals surface area contributed by atoms with E-state index >= 15 is 0 Å². The lowest BCUT2D eigenvalue weighted by molar-refractivity contribution is -0.644. The van der Waals surface area contributed by atoms with Crippen molar-refractivity contribution in [3.8, 4) is 11.1 Å². The highest BCUT2D eigenvalue weighted by molar-refractivity contribution is 6.27. The van der Waals surface area contributed by atoms with Crippen LogP contribution in [-0.2, 0) is 13.5 Å². The molecule has 0 unspecified atom stereocenters. The molecule has 0 aliphatic heterocycles. The van der Waals surface area contributed by atoms with Crippen LogP contribution in [0.3, 0.4) is 0 Å². The molecule has 0 atom stereocenters. The van der Waals surface area contributed by atoms with Gasteiger partial charge >= 0.3 is 0 Å². The molecule has 36 heavy (non-hydrogen) atoms. The Morgan fingerprint density at radius 3 is 2.25 bits per heavy atom. The van der Waals surface area contributed by atoms with E-state index in [9.17, 15) is 0 Å². The van der Waals surface area contributed by atoms with Crippen molar-refractivity contribution in [3.63, 3.8) is 0 Å². The Balaban J connectivity index is 1.80. The van der Waals surface area contributed by atoms with Gasteiger partial charge in [-0.15, -0.1) is 0 Å². The van der Waals surface area contributed by atoms with Crippen molar-refractivity contribution < 1.29 is 4.57 Å². The zero-order valence-corrected chi connectivity index (χ0v) is 21.7. The van der Waals surface area contributed by atoms with Gasteiger partial charge in [0.2, 0.25) is 5.52 Å². The van der Waals surface area contributed by atoms with E-state index in [4.69, 9.17) is 0 Å². The van der Waals surface area contributed by atoms with Gasteiger partial charge in [0.25, 0.3) is 0 Å². The van der Waals surface area contributed by atoms with E-state index in [0.29, 0.717) is 0 Å². The number of pyridine rings is 2. The van der Waals surface area contributed by atoms with Crippen molar-refractivity contribution in [1.29, 1.82) is 0 Å². The maximum atomic E-state index is 2.55. The van der Waals surface area contributed by atoms with E-state index in [1.807, 2.05) is 0 Å². The average molecular weight is 468 g/mol. The minimum atomic E-state index is 0.220. The first kappa shape index (κ1) is 21.4. The second-order valence-electron chi connectivity index (χ2n) is 11.6. The molecule has 2 heteroatoms. The number of fused-ring (bicyclic) bond motifs is 5. The summed E-state index contributed by atoms with van der Waals surface area (Å²) in [5.41, 5.74) is 10.8. The summed E-state index contributed by atoms with van der Waals surface area (Å²) >= 11 is 0. The molecule has 4 aromatic carbocycles. The summed E-state index contributed by atoms with van der Waals surface area (Å²) in [6.45, 7) is 9.30. The lowest BCUT2D eigenvalue weighted by Crippen LogP contribution is -2.29. The van der Waals surface area contributed by atoms with E-state index < -0.39 is 0 Å². The zero-order chi connectivity index (χ0) is 24.8. The van der Waals surface area contributed by atoms with E-state index in [1.165, 1.54) is 71.3 Å². The first-order valence-electron chi connectivity index (χ1n) is 12.9. The third kappa shape index (κ3) is 2.88. The molecule has 0 radical (unpaired) electrons. The number of hydrogen-bond donors (Lipinski definition) is 0. The molecule has 0 bridgehead atoms. The minimum Gasteiger partial charge on any atom is -0.302 e. The van der Waals surface area contributed by atoms with Crippen molar-refractivity contribution in [1.82, 2.24) is 4.40 Å². The van der Waals surface area contributed by atoms with Crippen LogP contribution in [0.1, 0.15) is 31.9 Å². The molecule has 0 fully saturated rings. The summed E-state index contributed by atoms with van der Waals surface area (Å²) in [5, 5.41) is 6.77. The zero-order valence-electron chi connectivity index (χ0n) is 21.7. The van der Waals surface area contributed by atoms with Gasteiger partial charge in [-0.2, -0.15) is 4.57 Å². The Morgan fingerprint density at radius 1 is 0.750 bits per heavy atom. The molecule has 7 aromatic rings. The molecule has 0 spiro atoms. The van der Waals surface area contributed by atoms with Crippen LogP contribution in [0.4, 0.5) is 0 Å². The van der Waals surface area contributed by atoms with Crippen LogP contribution in [0.15, 0.2) is 85.1 Å². The number of aromatic nitrogens is 2. The molecule has 0 N–H and O–H groups in total. The molecule has 176 valence electrons. The largest absolute Gasteiger partial charge is 0.302 e. The fourth-order valence-corrected chi connectivity index (χ4v) is 6.47. The summed E-state index contributed by atoms with van der Waals surface area (Å²) in [4.78, 5) is 0. The van der Waals surface area contributed by atoms with Gasteiger partial charge in [0.05, 0.1) is 16.4 Å². The van der Waals surface area contributed by atoms with Gasteiger partial charge in [-0.05, 0) is 46.9 Å². The first-order valence-corrected chi connectivity index (χ1v) is 12.9. The number of benzene rings is 4. The van der Waals surface area contributed by atoms with Crippen LogP contribution in [0.25, 0.3) is 60.1 Å². The lowest BCUT2D eigenvalue weighted by atomic mass is 9.84. The highest BCUT2D eigenvalue weighted by atomic mass is 15.0. The predicted octanol–water partition coefficient (Wildman–Crippen LogP) is 8.38. The van der Waals surface area contributed by atoms with Crippen LogP contribution in [-0.4, -0.2) is 4.40 Å². The van der Waals surface area contributed by atoms with Gasteiger partial charge in [-0.3, -0.25) is 0 Å². The molecule has 0 saturated carbocycles. The van der Waals surface area contributed by atoms with E-state index in [-0.39, 0.29) is 5.41 Å². The molecule has 7 rings (SSSR count). The Hall–Kier alpha value is -3.91. The van der Waals surface area contributed by atoms with Crippen molar-refractivity contribution in [2.24, 2.45) is 12.5 Å². The van der Waals surface area contributed by atoms with Crippen LogP contribution in [0.2, 0.25) is 0 Å². The molecule has 0 saturated heterocycles. The van der Waals surface area contributed by atoms with Crippen molar-refractivity contribution in [3.05, 3.63) is 96.2 Å². The molecule has 0 aliphatic carbocycles. The van der Waals surface area contributed by atoms with E-state index in [0.717, 1.165) is 6.42 Å². The van der Waals surface area contributed by atoms with Gasteiger partial charge in [0.1, 0.15) is 12.6 Å². The average Bonchev–Trinajstić information content (AvgIpc) is 3.19. The summed E-state index contributed by atoms with van der Waals surface area (Å²) in [7, 11) is 2.19. The third-order valence-corrected chi connectivity index (χ3v) is 7.78. The van der Waals surface area contributed by atoms with Gasteiger partial charge in [0, 0.05) is 27.8 Å². The van der Waals surface area contributed by atoms with Gasteiger partial charge in [-0.1, -0.05) is 87.5 Å². The Labute approximate surface area is 211 Å². The second kappa shape index (κ2) is 7.30. The fraction of sp³-hybridized carbons (Fsp3) is 0.206. The van der Waals surface area contributed by atoms with Gasteiger partial charge in [-0.25, -0.2) is 0 Å². The van der Waals surface area contributed by atoms with Gasteiger partial charge < -0.3 is 4.40 Å². The maximum absolute atomic E-state index is 2.55. The van der Waals surface area contributed by atoms with Crippen LogP contribution < -0.4 is 4.57 Å². The molecular formula is C34H31N2+. The summed E-state index contributed by atoms with van der Waals surface area (Å²) in [6.07, 6.45) is 3.29. The summed E-state index contributed by atoms with van der Waals surface area (Å²) < 4.78 is 4.87. The van der Waals surface area contributed by atoms with Crippen molar-refractivity contribution >= 4 is 49.0 Å². The minimum absolute atomic E-state index is 0.220. The highest BCUT2D eigenvalue weighted by Crippen LogP contribution is 2.44. The molecule has 3 aromatic heterocycles. The number of rotatable bonds is 2. The summed E-state index contributed by atoms with van der Waals surface area (Å²) in [5.74, 6) is 0. The maximum Gasteiger partial charge on any atom is 0.238 e. The molecule has 3 heterocycles. The van der Waals surface area contributed by atoms with Crippen molar-refractivity contribution in [2.75, 3.05) is 0 Å². The topological polar surface area (TPSA) is 8.29 Å². The molecular weight excluding hydrogens is 436 g/mol. The van der Waals surface area contributed by atoms with E-state index in [1.54, 1.807) is 0 Å².